The van der Waals surface area contributed by atoms with Crippen molar-refractivity contribution < 1.29 is 9.53 Å². The monoisotopic (exact) mass is 261 g/mol. The molecule has 2 N–H and O–H groups in total. The molecule has 0 aromatic heterocycles. The Morgan fingerprint density at radius 2 is 2.11 bits per heavy atom. The molecule has 0 saturated heterocycles. The maximum absolute atomic E-state index is 12.2. The molecule has 2 rings (SSSR count). The van der Waals surface area contributed by atoms with Crippen molar-refractivity contribution in [3.8, 4) is 0 Å². The van der Waals surface area contributed by atoms with Crippen LogP contribution in [0.3, 0.4) is 0 Å². The van der Waals surface area contributed by atoms with Crippen LogP contribution in [0.2, 0.25) is 0 Å². The SMILES string of the molecule is CC(C(=O)OC1CCCCC1C)c1cccc(N)c1. The number of hydrogen-bond donors (Lipinski definition) is 1. The van der Waals surface area contributed by atoms with E-state index in [1.54, 1.807) is 0 Å². The van der Waals surface area contributed by atoms with Crippen LogP contribution in [-0.4, -0.2) is 12.1 Å². The highest BCUT2D eigenvalue weighted by Gasteiger charge is 2.27. The average Bonchev–Trinajstić information content (AvgIpc) is 2.40. The van der Waals surface area contributed by atoms with Gasteiger partial charge in [0.15, 0.2) is 0 Å². The quantitative estimate of drug-likeness (QED) is 0.669. The summed E-state index contributed by atoms with van der Waals surface area (Å²) in [6, 6.07) is 7.46. The van der Waals surface area contributed by atoms with E-state index < -0.39 is 0 Å². The first-order valence-corrected chi connectivity index (χ1v) is 7.14. The normalized spacial score (nSPS) is 24.7. The third kappa shape index (κ3) is 3.49. The summed E-state index contributed by atoms with van der Waals surface area (Å²) in [5.41, 5.74) is 7.36. The van der Waals surface area contributed by atoms with Crippen LogP contribution >= 0.6 is 0 Å². The van der Waals surface area contributed by atoms with Gasteiger partial charge in [0.25, 0.3) is 0 Å². The van der Waals surface area contributed by atoms with Crippen molar-refractivity contribution in [3.05, 3.63) is 29.8 Å². The lowest BCUT2D eigenvalue weighted by Gasteiger charge is -2.29. The fourth-order valence-corrected chi connectivity index (χ4v) is 2.67. The summed E-state index contributed by atoms with van der Waals surface area (Å²) >= 11 is 0. The molecule has 1 aromatic rings. The number of anilines is 1. The molecule has 3 heteroatoms. The van der Waals surface area contributed by atoms with Crippen molar-refractivity contribution in [1.82, 2.24) is 0 Å². The Balaban J connectivity index is 1.99. The van der Waals surface area contributed by atoms with E-state index in [-0.39, 0.29) is 18.0 Å². The summed E-state index contributed by atoms with van der Waals surface area (Å²) in [4.78, 5) is 12.2. The molecular weight excluding hydrogens is 238 g/mol. The smallest absolute Gasteiger partial charge is 0.313 e. The lowest BCUT2D eigenvalue weighted by Crippen LogP contribution is -2.30. The second-order valence-electron chi connectivity index (χ2n) is 5.63. The van der Waals surface area contributed by atoms with Crippen LogP contribution in [-0.2, 0) is 9.53 Å². The maximum atomic E-state index is 12.2. The van der Waals surface area contributed by atoms with Gasteiger partial charge in [0.1, 0.15) is 6.10 Å². The van der Waals surface area contributed by atoms with Crippen molar-refractivity contribution in [2.24, 2.45) is 5.92 Å². The number of nitrogen functional groups attached to an aromatic ring is 1. The standard InChI is InChI=1S/C16H23NO2/c1-11-6-3-4-9-15(11)19-16(18)12(2)13-7-5-8-14(17)10-13/h5,7-8,10-12,15H,3-4,6,9,17H2,1-2H3. The number of benzene rings is 1. The van der Waals surface area contributed by atoms with Crippen molar-refractivity contribution in [3.63, 3.8) is 0 Å². The molecule has 0 radical (unpaired) electrons. The number of hydrogen-bond acceptors (Lipinski definition) is 3. The van der Waals surface area contributed by atoms with Gasteiger partial charge in [-0.2, -0.15) is 0 Å². The average molecular weight is 261 g/mol. The molecule has 3 unspecified atom stereocenters. The van der Waals surface area contributed by atoms with E-state index in [1.807, 2.05) is 31.2 Å². The lowest BCUT2D eigenvalue weighted by atomic mass is 9.88. The number of esters is 1. The summed E-state index contributed by atoms with van der Waals surface area (Å²) in [6.45, 7) is 4.05. The van der Waals surface area contributed by atoms with Crippen LogP contribution in [0.25, 0.3) is 0 Å². The molecule has 1 fully saturated rings. The van der Waals surface area contributed by atoms with Gasteiger partial charge in [-0.15, -0.1) is 0 Å². The topological polar surface area (TPSA) is 52.3 Å². The Morgan fingerprint density at radius 1 is 1.37 bits per heavy atom. The van der Waals surface area contributed by atoms with Crippen LogP contribution in [0.15, 0.2) is 24.3 Å². The molecule has 1 aliphatic carbocycles. The minimum absolute atomic E-state index is 0.0877. The third-order valence-electron chi connectivity index (χ3n) is 4.06. The predicted molar refractivity (Wildman–Crippen MR) is 76.8 cm³/mol. The van der Waals surface area contributed by atoms with Gasteiger partial charge in [-0.25, -0.2) is 0 Å². The van der Waals surface area contributed by atoms with E-state index in [1.165, 1.54) is 6.42 Å². The first-order valence-electron chi connectivity index (χ1n) is 7.14. The number of rotatable bonds is 3. The maximum Gasteiger partial charge on any atom is 0.313 e. The molecule has 1 saturated carbocycles. The number of carbonyl (C=O) groups excluding carboxylic acids is 1. The van der Waals surface area contributed by atoms with Gasteiger partial charge in [-0.1, -0.05) is 25.5 Å². The molecule has 3 atom stereocenters. The Hall–Kier alpha value is -1.51. The predicted octanol–water partition coefficient (Wildman–Crippen LogP) is 3.49. The molecule has 3 nitrogen and oxygen atoms in total. The Bertz CT molecular complexity index is 444. The highest BCUT2D eigenvalue weighted by molar-refractivity contribution is 5.78. The van der Waals surface area contributed by atoms with E-state index >= 15 is 0 Å². The molecule has 0 aliphatic heterocycles. The van der Waals surface area contributed by atoms with Gasteiger partial charge >= 0.3 is 5.97 Å². The number of nitrogens with two attached hydrogens (primary N) is 1. The van der Waals surface area contributed by atoms with E-state index in [4.69, 9.17) is 10.5 Å². The lowest BCUT2D eigenvalue weighted by molar-refractivity contribution is -0.154. The summed E-state index contributed by atoms with van der Waals surface area (Å²) in [7, 11) is 0. The summed E-state index contributed by atoms with van der Waals surface area (Å²) in [5.74, 6) is 0.0905. The van der Waals surface area contributed by atoms with Crippen LogP contribution in [0.4, 0.5) is 5.69 Å². The summed E-state index contributed by atoms with van der Waals surface area (Å²) in [6.07, 6.45) is 4.65. The fourth-order valence-electron chi connectivity index (χ4n) is 2.67. The zero-order chi connectivity index (χ0) is 13.8. The van der Waals surface area contributed by atoms with Gasteiger partial charge in [0, 0.05) is 5.69 Å². The zero-order valence-electron chi connectivity index (χ0n) is 11.8. The van der Waals surface area contributed by atoms with Crippen LogP contribution in [0.5, 0.6) is 0 Å². The highest BCUT2D eigenvalue weighted by Crippen LogP contribution is 2.28. The minimum atomic E-state index is -0.252. The molecule has 0 amide bonds. The van der Waals surface area contributed by atoms with Gasteiger partial charge in [0.05, 0.1) is 5.92 Å². The van der Waals surface area contributed by atoms with Gasteiger partial charge in [-0.05, 0) is 49.8 Å². The molecular formula is C16H23NO2. The van der Waals surface area contributed by atoms with Gasteiger partial charge in [0.2, 0.25) is 0 Å². The molecule has 19 heavy (non-hydrogen) atoms. The molecule has 104 valence electrons. The molecule has 0 bridgehead atoms. The third-order valence-corrected chi connectivity index (χ3v) is 4.06. The van der Waals surface area contributed by atoms with Crippen molar-refractivity contribution in [2.75, 3.05) is 5.73 Å². The number of carbonyl (C=O) groups is 1. The minimum Gasteiger partial charge on any atom is -0.462 e. The first-order chi connectivity index (χ1) is 9.08. The van der Waals surface area contributed by atoms with Crippen molar-refractivity contribution >= 4 is 11.7 Å². The largest absolute Gasteiger partial charge is 0.462 e. The first kappa shape index (κ1) is 13.9. The second kappa shape index (κ2) is 6.09. The van der Waals surface area contributed by atoms with E-state index in [0.717, 1.165) is 24.8 Å². The Morgan fingerprint density at radius 3 is 2.79 bits per heavy atom. The highest BCUT2D eigenvalue weighted by atomic mass is 16.5. The van der Waals surface area contributed by atoms with Crippen LogP contribution in [0.1, 0.15) is 51.0 Å². The van der Waals surface area contributed by atoms with E-state index in [0.29, 0.717) is 11.6 Å². The molecule has 0 spiro atoms. The number of ether oxygens (including phenoxy) is 1. The van der Waals surface area contributed by atoms with Crippen molar-refractivity contribution in [1.29, 1.82) is 0 Å². The van der Waals surface area contributed by atoms with Crippen molar-refractivity contribution in [2.45, 2.75) is 51.6 Å². The summed E-state index contributed by atoms with van der Waals surface area (Å²) in [5, 5.41) is 0. The van der Waals surface area contributed by atoms with Gasteiger partial charge < -0.3 is 10.5 Å². The molecule has 0 heterocycles. The Kier molecular flexibility index (Phi) is 4.46. The molecule has 1 aliphatic rings. The second-order valence-corrected chi connectivity index (χ2v) is 5.63. The summed E-state index contributed by atoms with van der Waals surface area (Å²) < 4.78 is 5.68. The van der Waals surface area contributed by atoms with Crippen LogP contribution in [0, 0.1) is 5.92 Å². The van der Waals surface area contributed by atoms with Crippen LogP contribution < -0.4 is 5.73 Å². The van der Waals surface area contributed by atoms with E-state index in [9.17, 15) is 4.79 Å². The zero-order valence-corrected chi connectivity index (χ0v) is 11.8. The van der Waals surface area contributed by atoms with Gasteiger partial charge in [-0.3, -0.25) is 4.79 Å². The fraction of sp³-hybridized carbons (Fsp3) is 0.562. The Labute approximate surface area is 115 Å². The van der Waals surface area contributed by atoms with E-state index in [2.05, 4.69) is 6.92 Å². The molecule has 1 aromatic carbocycles.